The molecule has 0 aliphatic carbocycles. The molecule has 1 aliphatic rings. The zero-order valence-corrected chi connectivity index (χ0v) is 12.4. The minimum absolute atomic E-state index is 0.215. The van der Waals surface area contributed by atoms with Gasteiger partial charge < -0.3 is 14.9 Å². The number of amides is 2. The predicted molar refractivity (Wildman–Crippen MR) is 80.3 cm³/mol. The molecule has 23 heavy (non-hydrogen) atoms. The Labute approximate surface area is 132 Å². The van der Waals surface area contributed by atoms with E-state index < -0.39 is 36.1 Å². The van der Waals surface area contributed by atoms with Crippen LogP contribution in [0.25, 0.3) is 0 Å². The Hall–Kier alpha value is -2.70. The van der Waals surface area contributed by atoms with Crippen molar-refractivity contribution in [2.24, 2.45) is 0 Å². The number of carbonyl (C=O) groups excluding carboxylic acids is 2. The Kier molecular flexibility index (Phi) is 5.10. The molecule has 0 spiro atoms. The number of carboxylic acid groups (broad SMARTS) is 1. The third-order valence-corrected chi connectivity index (χ3v) is 3.65. The molecular weight excluding hydrogens is 303 g/mol. The fraction of sp³-hybridized carbons (Fsp3) is 0.312. The van der Waals surface area contributed by atoms with Crippen LogP contribution in [0.1, 0.15) is 16.8 Å². The van der Waals surface area contributed by atoms with Gasteiger partial charge in [-0.05, 0) is 24.3 Å². The maximum Gasteiger partial charge on any atom is 0.305 e. The predicted octanol–water partition coefficient (Wildman–Crippen LogP) is 1.14. The summed E-state index contributed by atoms with van der Waals surface area (Å²) in [5.74, 6) is -2.55. The van der Waals surface area contributed by atoms with Gasteiger partial charge in [-0.1, -0.05) is 6.08 Å². The van der Waals surface area contributed by atoms with Gasteiger partial charge in [-0.2, -0.15) is 0 Å². The molecule has 2 rings (SSSR count). The van der Waals surface area contributed by atoms with Gasteiger partial charge in [0.25, 0.3) is 5.91 Å². The molecule has 1 N–H and O–H groups in total. The van der Waals surface area contributed by atoms with Crippen LogP contribution in [0.3, 0.4) is 0 Å². The van der Waals surface area contributed by atoms with Gasteiger partial charge in [0.1, 0.15) is 11.9 Å². The molecule has 1 atom stereocenters. The van der Waals surface area contributed by atoms with Crippen molar-refractivity contribution in [2.75, 3.05) is 19.6 Å². The molecular formula is C16H17FN2O4. The molecule has 7 heteroatoms. The first-order valence-electron chi connectivity index (χ1n) is 7.12. The van der Waals surface area contributed by atoms with Crippen molar-refractivity contribution in [3.05, 3.63) is 48.3 Å². The van der Waals surface area contributed by atoms with Gasteiger partial charge in [-0.3, -0.25) is 14.4 Å². The maximum atomic E-state index is 13.0. The zero-order chi connectivity index (χ0) is 17.0. The lowest BCUT2D eigenvalue weighted by atomic mass is 10.0. The third kappa shape index (κ3) is 3.74. The summed E-state index contributed by atoms with van der Waals surface area (Å²) in [5.41, 5.74) is 0.215. The van der Waals surface area contributed by atoms with Gasteiger partial charge in [0.2, 0.25) is 5.91 Å². The number of halogens is 1. The lowest BCUT2D eigenvalue weighted by molar-refractivity contribution is -0.147. The summed E-state index contributed by atoms with van der Waals surface area (Å²) in [4.78, 5) is 38.7. The van der Waals surface area contributed by atoms with Gasteiger partial charge in [-0.25, -0.2) is 4.39 Å². The van der Waals surface area contributed by atoms with Crippen molar-refractivity contribution in [1.29, 1.82) is 0 Å². The van der Waals surface area contributed by atoms with Crippen LogP contribution in [0.2, 0.25) is 0 Å². The summed E-state index contributed by atoms with van der Waals surface area (Å²) in [6.45, 7) is 4.37. The highest BCUT2D eigenvalue weighted by Gasteiger charge is 2.38. The number of carbonyl (C=O) groups is 3. The molecule has 0 radical (unpaired) electrons. The minimum Gasteiger partial charge on any atom is -0.481 e. The van der Waals surface area contributed by atoms with Gasteiger partial charge in [0.05, 0.1) is 6.42 Å². The average molecular weight is 320 g/mol. The fourth-order valence-corrected chi connectivity index (χ4v) is 2.54. The van der Waals surface area contributed by atoms with Gasteiger partial charge >= 0.3 is 5.97 Å². The number of hydrogen-bond acceptors (Lipinski definition) is 3. The van der Waals surface area contributed by atoms with Crippen molar-refractivity contribution >= 4 is 17.8 Å². The standard InChI is InChI=1S/C16H17FN2O4/c1-2-7-18-8-9-19(13(16(18)23)10-14(20)21)15(22)11-3-5-12(17)6-4-11/h2-6,13H,1,7-10H2,(H,20,21). The molecule has 6 nitrogen and oxygen atoms in total. The molecule has 1 aromatic rings. The second-order valence-electron chi connectivity index (χ2n) is 5.19. The minimum atomic E-state index is -1.17. The monoisotopic (exact) mass is 320 g/mol. The van der Waals surface area contributed by atoms with E-state index in [4.69, 9.17) is 5.11 Å². The van der Waals surface area contributed by atoms with Crippen LogP contribution < -0.4 is 0 Å². The summed E-state index contributed by atoms with van der Waals surface area (Å²) in [5, 5.41) is 9.03. The number of nitrogens with zero attached hydrogens (tertiary/aromatic N) is 2. The van der Waals surface area contributed by atoms with Crippen LogP contribution in [0.5, 0.6) is 0 Å². The summed E-state index contributed by atoms with van der Waals surface area (Å²) in [6.07, 6.45) is 1.08. The van der Waals surface area contributed by atoms with Crippen LogP contribution in [0, 0.1) is 5.82 Å². The Morgan fingerprint density at radius 2 is 1.96 bits per heavy atom. The summed E-state index contributed by atoms with van der Waals surface area (Å²) in [6, 6.07) is 3.86. The highest BCUT2D eigenvalue weighted by Crippen LogP contribution is 2.18. The van der Waals surface area contributed by atoms with E-state index >= 15 is 0 Å². The van der Waals surface area contributed by atoms with Crippen LogP contribution in [0.4, 0.5) is 4.39 Å². The maximum absolute atomic E-state index is 13.0. The molecule has 0 aromatic heterocycles. The Morgan fingerprint density at radius 3 is 2.52 bits per heavy atom. The lowest BCUT2D eigenvalue weighted by Crippen LogP contribution is -2.59. The Balaban J connectivity index is 2.25. The first-order valence-corrected chi connectivity index (χ1v) is 7.12. The molecule has 122 valence electrons. The molecule has 0 saturated carbocycles. The highest BCUT2D eigenvalue weighted by molar-refractivity contribution is 5.99. The highest BCUT2D eigenvalue weighted by atomic mass is 19.1. The first kappa shape index (κ1) is 16.7. The van der Waals surface area contributed by atoms with Gasteiger partial charge in [0, 0.05) is 25.2 Å². The van der Waals surface area contributed by atoms with Crippen molar-refractivity contribution in [1.82, 2.24) is 9.80 Å². The molecule has 1 unspecified atom stereocenters. The van der Waals surface area contributed by atoms with E-state index in [1.807, 2.05) is 0 Å². The normalized spacial score (nSPS) is 18.0. The smallest absolute Gasteiger partial charge is 0.305 e. The molecule has 1 aromatic carbocycles. The topological polar surface area (TPSA) is 77.9 Å². The Bertz CT molecular complexity index is 629. The second kappa shape index (κ2) is 7.04. The largest absolute Gasteiger partial charge is 0.481 e. The van der Waals surface area contributed by atoms with Gasteiger partial charge in [0.15, 0.2) is 0 Å². The van der Waals surface area contributed by atoms with Crippen LogP contribution in [-0.4, -0.2) is 58.4 Å². The lowest BCUT2D eigenvalue weighted by Gasteiger charge is -2.39. The molecule has 0 bridgehead atoms. The van der Waals surface area contributed by atoms with Crippen LogP contribution in [-0.2, 0) is 9.59 Å². The summed E-state index contributed by atoms with van der Waals surface area (Å²) >= 11 is 0. The van der Waals surface area contributed by atoms with E-state index in [2.05, 4.69) is 6.58 Å². The molecule has 1 saturated heterocycles. The number of hydrogen-bond donors (Lipinski definition) is 1. The SMILES string of the molecule is C=CCN1CCN(C(=O)c2ccc(F)cc2)C(CC(=O)O)C1=O. The number of benzene rings is 1. The molecule has 2 amide bonds. The van der Waals surface area contributed by atoms with Crippen molar-refractivity contribution < 1.29 is 23.9 Å². The molecule has 1 aliphatic heterocycles. The van der Waals surface area contributed by atoms with Crippen molar-refractivity contribution in [3.8, 4) is 0 Å². The van der Waals surface area contributed by atoms with E-state index in [0.717, 1.165) is 12.1 Å². The zero-order valence-electron chi connectivity index (χ0n) is 12.4. The quantitative estimate of drug-likeness (QED) is 0.825. The van der Waals surface area contributed by atoms with E-state index in [1.54, 1.807) is 6.08 Å². The van der Waals surface area contributed by atoms with E-state index in [1.165, 1.54) is 21.9 Å². The van der Waals surface area contributed by atoms with Gasteiger partial charge in [-0.15, -0.1) is 6.58 Å². The first-order chi connectivity index (χ1) is 10.9. The van der Waals surface area contributed by atoms with Crippen molar-refractivity contribution in [2.45, 2.75) is 12.5 Å². The molecule has 1 heterocycles. The number of aliphatic carboxylic acids is 1. The number of piperazine rings is 1. The van der Waals surface area contributed by atoms with Crippen LogP contribution in [0.15, 0.2) is 36.9 Å². The van der Waals surface area contributed by atoms with Crippen molar-refractivity contribution in [3.63, 3.8) is 0 Å². The summed E-state index contributed by atoms with van der Waals surface area (Å²) in [7, 11) is 0. The third-order valence-electron chi connectivity index (χ3n) is 3.65. The molecule has 1 fully saturated rings. The average Bonchev–Trinajstić information content (AvgIpc) is 2.51. The number of rotatable bonds is 5. The fourth-order valence-electron chi connectivity index (χ4n) is 2.54. The number of carboxylic acids is 1. The van der Waals surface area contributed by atoms with E-state index in [0.29, 0.717) is 13.1 Å². The summed E-state index contributed by atoms with van der Waals surface area (Å²) < 4.78 is 13.0. The van der Waals surface area contributed by atoms with Crippen LogP contribution >= 0.6 is 0 Å². The second-order valence-corrected chi connectivity index (χ2v) is 5.19. The van der Waals surface area contributed by atoms with E-state index in [9.17, 15) is 18.8 Å². The van der Waals surface area contributed by atoms with E-state index in [-0.39, 0.29) is 12.1 Å². The Morgan fingerprint density at radius 1 is 1.30 bits per heavy atom.